The molecule has 0 unspecified atom stereocenters. The molecule has 1 aromatic heterocycles. The average molecular weight is 494 g/mol. The number of halogens is 3. The van der Waals surface area contributed by atoms with E-state index in [1.807, 2.05) is 18.2 Å². The van der Waals surface area contributed by atoms with Crippen molar-refractivity contribution in [3.05, 3.63) is 52.1 Å². The van der Waals surface area contributed by atoms with Gasteiger partial charge in [-0.05, 0) is 50.4 Å². The van der Waals surface area contributed by atoms with Gasteiger partial charge in [-0.25, -0.2) is 0 Å². The van der Waals surface area contributed by atoms with Crippen LogP contribution in [0, 0.1) is 10.1 Å². The minimum absolute atomic E-state index is 0.0182. The fourth-order valence-corrected chi connectivity index (χ4v) is 4.68. The first kappa shape index (κ1) is 25.0. The number of nitro groups is 1. The van der Waals surface area contributed by atoms with Crippen LogP contribution in [0.1, 0.15) is 38.2 Å². The number of pyridine rings is 1. The van der Waals surface area contributed by atoms with Gasteiger partial charge < -0.3 is 19.9 Å². The highest BCUT2D eigenvalue weighted by Crippen LogP contribution is 2.38. The van der Waals surface area contributed by atoms with E-state index in [2.05, 4.69) is 22.0 Å². The Balaban J connectivity index is 1.31. The smallest absolute Gasteiger partial charge is 0.423 e. The fraction of sp³-hybridized carbons (Fsp3) is 0.542. The number of aromatic nitrogens is 1. The number of ether oxygens (including phenoxy) is 1. The Morgan fingerprint density at radius 1 is 1.11 bits per heavy atom. The van der Waals surface area contributed by atoms with E-state index in [0.717, 1.165) is 63.5 Å². The van der Waals surface area contributed by atoms with E-state index in [9.17, 15) is 23.3 Å². The molecule has 2 aromatic rings. The third-order valence-electron chi connectivity index (χ3n) is 6.68. The molecule has 1 aliphatic carbocycles. The van der Waals surface area contributed by atoms with E-state index < -0.39 is 22.4 Å². The van der Waals surface area contributed by atoms with E-state index in [4.69, 9.17) is 9.72 Å². The normalized spacial score (nSPS) is 21.5. The van der Waals surface area contributed by atoms with Crippen LogP contribution in [0.5, 0.6) is 5.88 Å². The first-order valence-corrected chi connectivity index (χ1v) is 12.0. The lowest BCUT2D eigenvalue weighted by Gasteiger charge is -2.35. The number of nitro benzene ring substituents is 1. The van der Waals surface area contributed by atoms with Crippen LogP contribution in [0.2, 0.25) is 0 Å². The number of hydrogen-bond acceptors (Lipinski definition) is 7. The Morgan fingerprint density at radius 2 is 1.83 bits per heavy atom. The summed E-state index contributed by atoms with van der Waals surface area (Å²) in [4.78, 5) is 19.3. The molecule has 2 aliphatic rings. The summed E-state index contributed by atoms with van der Waals surface area (Å²) in [5.74, 6) is 1.49. The maximum absolute atomic E-state index is 13.2. The number of likely N-dealkylation sites (N-methyl/N-ethyl adjacent to an activating group) is 1. The van der Waals surface area contributed by atoms with Crippen LogP contribution in [-0.2, 0) is 6.18 Å². The van der Waals surface area contributed by atoms with Gasteiger partial charge in [0.2, 0.25) is 5.88 Å². The summed E-state index contributed by atoms with van der Waals surface area (Å²) in [5, 5.41) is 14.1. The third-order valence-corrected chi connectivity index (χ3v) is 6.68. The van der Waals surface area contributed by atoms with Crippen LogP contribution in [0.4, 0.5) is 30.4 Å². The Morgan fingerprint density at radius 3 is 2.46 bits per heavy atom. The largest absolute Gasteiger partial charge is 0.474 e. The second kappa shape index (κ2) is 10.7. The Kier molecular flexibility index (Phi) is 7.63. The topological polar surface area (TPSA) is 83.8 Å². The van der Waals surface area contributed by atoms with E-state index >= 15 is 0 Å². The predicted octanol–water partition coefficient (Wildman–Crippen LogP) is 4.95. The summed E-state index contributed by atoms with van der Waals surface area (Å²) in [5.41, 5.74) is -1.96. The molecule has 0 radical (unpaired) electrons. The SMILES string of the molecule is CCN1CCN(c2cccc(OC3CCC(Nc4ccc([N+](=O)[O-])c(C(F)(F)F)c4)CC3)n2)CC1. The maximum atomic E-state index is 13.2. The predicted molar refractivity (Wildman–Crippen MR) is 127 cm³/mol. The lowest BCUT2D eigenvalue weighted by Crippen LogP contribution is -2.46. The van der Waals surface area contributed by atoms with Crippen molar-refractivity contribution >= 4 is 17.2 Å². The van der Waals surface area contributed by atoms with Gasteiger partial charge in [0.1, 0.15) is 17.5 Å². The number of hydrogen-bond donors (Lipinski definition) is 1. The van der Waals surface area contributed by atoms with Crippen molar-refractivity contribution in [3.63, 3.8) is 0 Å². The summed E-state index contributed by atoms with van der Waals surface area (Å²) >= 11 is 0. The van der Waals surface area contributed by atoms with Crippen molar-refractivity contribution in [3.8, 4) is 5.88 Å². The van der Waals surface area contributed by atoms with Crippen molar-refractivity contribution in [1.29, 1.82) is 0 Å². The van der Waals surface area contributed by atoms with Crippen molar-refractivity contribution < 1.29 is 22.8 Å². The van der Waals surface area contributed by atoms with Crippen LogP contribution in [-0.4, -0.2) is 59.7 Å². The standard InChI is InChI=1S/C24H30F3N5O3/c1-2-30-12-14-31(15-13-30)22-4-3-5-23(29-22)35-19-9-6-17(7-10-19)28-18-8-11-21(32(33)34)20(16-18)24(25,26)27/h3-5,8,11,16-17,19,28H,2,6-7,9-10,12-15H2,1H3. The molecule has 4 rings (SSSR count). The molecule has 1 saturated heterocycles. The molecule has 2 fully saturated rings. The lowest BCUT2D eigenvalue weighted by molar-refractivity contribution is -0.388. The van der Waals surface area contributed by atoms with E-state index in [0.29, 0.717) is 18.7 Å². The van der Waals surface area contributed by atoms with Crippen molar-refractivity contribution in [2.75, 3.05) is 42.9 Å². The van der Waals surface area contributed by atoms with Gasteiger partial charge >= 0.3 is 6.18 Å². The number of rotatable bonds is 7. The van der Waals surface area contributed by atoms with Gasteiger partial charge in [-0.15, -0.1) is 0 Å². The third kappa shape index (κ3) is 6.33. The molecule has 1 saturated carbocycles. The molecule has 2 heterocycles. The van der Waals surface area contributed by atoms with Gasteiger partial charge in [0.15, 0.2) is 0 Å². The Hall–Kier alpha value is -3.08. The van der Waals surface area contributed by atoms with Gasteiger partial charge in [-0.2, -0.15) is 18.2 Å². The van der Waals surface area contributed by atoms with Crippen molar-refractivity contribution in [1.82, 2.24) is 9.88 Å². The van der Waals surface area contributed by atoms with Crippen molar-refractivity contribution in [2.24, 2.45) is 0 Å². The summed E-state index contributed by atoms with van der Waals surface area (Å²) in [6.07, 6.45) is -1.93. The van der Waals surface area contributed by atoms with Crippen molar-refractivity contribution in [2.45, 2.75) is 50.9 Å². The van der Waals surface area contributed by atoms with E-state index in [1.54, 1.807) is 0 Å². The van der Waals surface area contributed by atoms with E-state index in [-0.39, 0.29) is 17.8 Å². The molecular weight excluding hydrogens is 463 g/mol. The molecule has 0 spiro atoms. The lowest BCUT2D eigenvalue weighted by atomic mass is 9.92. The minimum Gasteiger partial charge on any atom is -0.474 e. The number of anilines is 2. The van der Waals surface area contributed by atoms with Gasteiger partial charge in [0, 0.05) is 50.0 Å². The maximum Gasteiger partial charge on any atom is 0.423 e. The van der Waals surface area contributed by atoms with Crippen LogP contribution in [0.3, 0.4) is 0 Å². The zero-order valence-corrected chi connectivity index (χ0v) is 19.6. The zero-order valence-electron chi connectivity index (χ0n) is 19.6. The summed E-state index contributed by atoms with van der Waals surface area (Å²) < 4.78 is 45.9. The molecule has 190 valence electrons. The van der Waals surface area contributed by atoms with Gasteiger partial charge in [-0.1, -0.05) is 13.0 Å². The highest BCUT2D eigenvalue weighted by molar-refractivity contribution is 5.55. The number of piperazine rings is 1. The molecule has 0 atom stereocenters. The summed E-state index contributed by atoms with van der Waals surface area (Å²) in [6.45, 7) is 7.10. The molecule has 0 bridgehead atoms. The summed E-state index contributed by atoms with van der Waals surface area (Å²) in [6, 6.07) is 8.80. The first-order chi connectivity index (χ1) is 16.7. The highest BCUT2D eigenvalue weighted by Gasteiger charge is 2.38. The molecule has 0 amide bonds. The van der Waals surface area contributed by atoms with Gasteiger partial charge in [0.25, 0.3) is 5.69 Å². The Bertz CT molecular complexity index is 1020. The average Bonchev–Trinajstić information content (AvgIpc) is 2.85. The number of nitrogens with zero attached hydrogens (tertiary/aromatic N) is 4. The first-order valence-electron chi connectivity index (χ1n) is 12.0. The second-order valence-corrected chi connectivity index (χ2v) is 8.98. The van der Waals surface area contributed by atoms with Crippen LogP contribution >= 0.6 is 0 Å². The summed E-state index contributed by atoms with van der Waals surface area (Å²) in [7, 11) is 0. The molecule has 8 nitrogen and oxygen atoms in total. The quantitative estimate of drug-likeness (QED) is 0.432. The number of nitrogens with one attached hydrogen (secondary N) is 1. The van der Waals surface area contributed by atoms with Crippen LogP contribution in [0.25, 0.3) is 0 Å². The molecule has 1 aromatic carbocycles. The van der Waals surface area contributed by atoms with Crippen LogP contribution in [0.15, 0.2) is 36.4 Å². The second-order valence-electron chi connectivity index (χ2n) is 8.98. The number of alkyl halides is 3. The fourth-order valence-electron chi connectivity index (χ4n) is 4.68. The Labute approximate surface area is 202 Å². The molecule has 35 heavy (non-hydrogen) atoms. The van der Waals surface area contributed by atoms with Gasteiger partial charge in [-0.3, -0.25) is 10.1 Å². The number of benzene rings is 1. The molecule has 11 heteroatoms. The van der Waals surface area contributed by atoms with Gasteiger partial charge in [0.05, 0.1) is 4.92 Å². The van der Waals surface area contributed by atoms with E-state index in [1.165, 1.54) is 6.07 Å². The molecular formula is C24H30F3N5O3. The highest BCUT2D eigenvalue weighted by atomic mass is 19.4. The molecule has 1 aliphatic heterocycles. The molecule has 1 N–H and O–H groups in total. The zero-order chi connectivity index (χ0) is 25.0. The minimum atomic E-state index is -4.79. The monoisotopic (exact) mass is 493 g/mol. The van der Waals surface area contributed by atoms with Crippen LogP contribution < -0.4 is 15.0 Å².